The number of rotatable bonds is 6. The molecule has 1 aliphatic heterocycles. The van der Waals surface area contributed by atoms with Crippen molar-refractivity contribution in [3.05, 3.63) is 70.8 Å². The zero-order chi connectivity index (χ0) is 26.0. The van der Waals surface area contributed by atoms with Crippen LogP contribution in [0.25, 0.3) is 5.69 Å². The summed E-state index contributed by atoms with van der Waals surface area (Å²) in [5, 5.41) is 13.2. The van der Waals surface area contributed by atoms with Crippen molar-refractivity contribution in [2.45, 2.75) is 32.0 Å². The molecule has 0 radical (unpaired) electrons. The molecule has 0 saturated carbocycles. The molecule has 1 aliphatic rings. The van der Waals surface area contributed by atoms with Gasteiger partial charge in [0.25, 0.3) is 10.2 Å². The number of hydrogen-bond donors (Lipinski definition) is 3. The van der Waals surface area contributed by atoms with Gasteiger partial charge in [0.15, 0.2) is 0 Å². The van der Waals surface area contributed by atoms with E-state index in [0.29, 0.717) is 11.4 Å². The molecule has 36 heavy (non-hydrogen) atoms. The third-order valence-corrected chi connectivity index (χ3v) is 7.68. The van der Waals surface area contributed by atoms with E-state index in [-0.39, 0.29) is 23.7 Å². The Hall–Kier alpha value is -3.39. The minimum atomic E-state index is -4.14. The number of para-hydroxylation sites is 1. The van der Waals surface area contributed by atoms with Crippen LogP contribution in [0.1, 0.15) is 17.8 Å². The van der Waals surface area contributed by atoms with Crippen LogP contribution < -0.4 is 15.4 Å². The lowest BCUT2D eigenvalue weighted by atomic mass is 10.1. The molecule has 0 bridgehead atoms. The van der Waals surface area contributed by atoms with Gasteiger partial charge in [0.2, 0.25) is 11.8 Å². The summed E-state index contributed by atoms with van der Waals surface area (Å²) in [5.74, 6) is -1.97. The number of halogens is 2. The van der Waals surface area contributed by atoms with Gasteiger partial charge in [-0.2, -0.15) is 17.4 Å². The summed E-state index contributed by atoms with van der Waals surface area (Å²) in [5.41, 5.74) is 2.21. The first-order chi connectivity index (χ1) is 17.1. The fraction of sp³-hybridized carbons (Fsp3) is 0.273. The number of carbonyl (C=O) groups excluding carboxylic acids is 2. The molecule has 2 atom stereocenters. The number of hydrogen-bond acceptors (Lipinski definition) is 6. The highest BCUT2D eigenvalue weighted by molar-refractivity contribution is 7.87. The summed E-state index contributed by atoms with van der Waals surface area (Å²) in [6.07, 6.45) is -0.141. The minimum Gasteiger partial charge on any atom is -0.349 e. The van der Waals surface area contributed by atoms with Gasteiger partial charge in [-0.25, -0.2) is 9.07 Å². The van der Waals surface area contributed by atoms with Crippen LogP contribution in [0, 0.1) is 12.7 Å². The molecule has 0 spiro atoms. The van der Waals surface area contributed by atoms with Crippen LogP contribution in [0.3, 0.4) is 0 Å². The number of likely N-dealkylation sites (N-methyl/N-ethyl adjacent to an activating group) is 1. The number of anilines is 1. The van der Waals surface area contributed by atoms with Gasteiger partial charge in [0.05, 0.1) is 22.9 Å². The number of nitrogens with one attached hydrogen (secondary N) is 3. The number of amides is 2. The average molecular weight is 536 g/mol. The Morgan fingerprint density at radius 1 is 1.19 bits per heavy atom. The molecule has 1 aromatic heterocycles. The largest absolute Gasteiger partial charge is 0.349 e. The van der Waals surface area contributed by atoms with Gasteiger partial charge in [-0.3, -0.25) is 9.59 Å². The first kappa shape index (κ1) is 25.7. The molecule has 2 heterocycles. The first-order valence-electron chi connectivity index (χ1n) is 10.8. The standard InChI is InChI=1S/C22H23ClFN7O4S/c1-13-19(27-29-31(13)15-6-4-3-5-7-15)12-25-21(32)18-11-20(30(2)36(34,35)28-18)22(33)26-14-8-9-17(24)16(23)10-14/h3-10,18,20,28H,11-12H2,1-2H3,(H,25,32)(H,26,33). The van der Waals surface area contributed by atoms with E-state index in [2.05, 4.69) is 25.7 Å². The number of nitrogens with zero attached hydrogens (tertiary/aromatic N) is 4. The van der Waals surface area contributed by atoms with Crippen LogP contribution in [-0.4, -0.2) is 58.7 Å². The lowest BCUT2D eigenvalue weighted by molar-refractivity contribution is -0.124. The smallest absolute Gasteiger partial charge is 0.280 e. The van der Waals surface area contributed by atoms with Crippen LogP contribution in [0.5, 0.6) is 0 Å². The van der Waals surface area contributed by atoms with Gasteiger partial charge in [0.1, 0.15) is 23.6 Å². The molecule has 0 aliphatic carbocycles. The highest BCUT2D eigenvalue weighted by atomic mass is 35.5. The van der Waals surface area contributed by atoms with Crippen molar-refractivity contribution in [3.63, 3.8) is 0 Å². The molecule has 1 fully saturated rings. The van der Waals surface area contributed by atoms with Gasteiger partial charge in [-0.1, -0.05) is 35.0 Å². The Morgan fingerprint density at radius 3 is 2.61 bits per heavy atom. The Bertz CT molecular complexity index is 1400. The van der Waals surface area contributed by atoms with E-state index >= 15 is 0 Å². The lowest BCUT2D eigenvalue weighted by Gasteiger charge is -2.35. The molecule has 1 saturated heterocycles. The van der Waals surface area contributed by atoms with E-state index in [4.69, 9.17) is 11.6 Å². The molecule has 2 unspecified atom stereocenters. The van der Waals surface area contributed by atoms with E-state index in [1.165, 1.54) is 19.2 Å². The summed E-state index contributed by atoms with van der Waals surface area (Å²) in [7, 11) is -2.91. The SMILES string of the molecule is Cc1c(CNC(=O)C2CC(C(=O)Nc3ccc(F)c(Cl)c3)N(C)S(=O)(=O)N2)nnn1-c1ccccc1. The van der Waals surface area contributed by atoms with Crippen LogP contribution in [0.4, 0.5) is 10.1 Å². The Kier molecular flexibility index (Phi) is 7.36. The van der Waals surface area contributed by atoms with Crippen molar-refractivity contribution >= 4 is 39.3 Å². The summed E-state index contributed by atoms with van der Waals surface area (Å²) >= 11 is 5.75. The Balaban J connectivity index is 1.44. The van der Waals surface area contributed by atoms with Crippen molar-refractivity contribution in [1.29, 1.82) is 0 Å². The van der Waals surface area contributed by atoms with E-state index in [9.17, 15) is 22.4 Å². The monoisotopic (exact) mass is 535 g/mol. The predicted octanol–water partition coefficient (Wildman–Crippen LogP) is 1.53. The van der Waals surface area contributed by atoms with Crippen molar-refractivity contribution in [1.82, 2.24) is 29.3 Å². The number of aromatic nitrogens is 3. The zero-order valence-electron chi connectivity index (χ0n) is 19.3. The van der Waals surface area contributed by atoms with Crippen LogP contribution in [-0.2, 0) is 26.3 Å². The normalized spacial score (nSPS) is 19.6. The second-order valence-electron chi connectivity index (χ2n) is 8.15. The van der Waals surface area contributed by atoms with Crippen molar-refractivity contribution in [3.8, 4) is 5.69 Å². The summed E-state index contributed by atoms with van der Waals surface area (Å²) < 4.78 is 43.4. The quantitative estimate of drug-likeness (QED) is 0.437. The van der Waals surface area contributed by atoms with Crippen molar-refractivity contribution in [2.75, 3.05) is 12.4 Å². The summed E-state index contributed by atoms with van der Waals surface area (Å²) in [6.45, 7) is 1.81. The molecule has 2 aromatic carbocycles. The Labute approximate surface area is 211 Å². The number of benzene rings is 2. The van der Waals surface area contributed by atoms with Gasteiger partial charge < -0.3 is 10.6 Å². The highest BCUT2D eigenvalue weighted by Gasteiger charge is 2.42. The van der Waals surface area contributed by atoms with Crippen molar-refractivity contribution in [2.24, 2.45) is 0 Å². The first-order valence-corrected chi connectivity index (χ1v) is 12.6. The molecular formula is C22H23ClFN7O4S. The molecule has 190 valence electrons. The molecule has 3 aromatic rings. The van der Waals surface area contributed by atoms with E-state index in [1.807, 2.05) is 30.3 Å². The summed E-state index contributed by atoms with van der Waals surface area (Å²) in [6, 6.07) is 10.5. The maximum Gasteiger partial charge on any atom is 0.280 e. The fourth-order valence-corrected chi connectivity index (χ4v) is 5.14. The topological polar surface area (TPSA) is 138 Å². The zero-order valence-corrected chi connectivity index (χ0v) is 20.8. The maximum absolute atomic E-state index is 13.4. The van der Waals surface area contributed by atoms with Crippen LogP contribution in [0.15, 0.2) is 48.5 Å². The molecular weight excluding hydrogens is 513 g/mol. The summed E-state index contributed by atoms with van der Waals surface area (Å²) in [4.78, 5) is 25.7. The van der Waals surface area contributed by atoms with Crippen LogP contribution in [0.2, 0.25) is 5.02 Å². The van der Waals surface area contributed by atoms with Gasteiger partial charge in [-0.05, 0) is 43.7 Å². The maximum atomic E-state index is 13.4. The van der Waals surface area contributed by atoms with Crippen LogP contribution >= 0.6 is 11.6 Å². The minimum absolute atomic E-state index is 0.0104. The molecule has 3 N–H and O–H groups in total. The van der Waals surface area contributed by atoms with Crippen molar-refractivity contribution < 1.29 is 22.4 Å². The lowest BCUT2D eigenvalue weighted by Crippen LogP contribution is -2.62. The predicted molar refractivity (Wildman–Crippen MR) is 130 cm³/mol. The number of carbonyl (C=O) groups is 2. The van der Waals surface area contributed by atoms with Gasteiger partial charge in [0, 0.05) is 12.7 Å². The highest BCUT2D eigenvalue weighted by Crippen LogP contribution is 2.22. The molecule has 11 nitrogen and oxygen atoms in total. The third-order valence-electron chi connectivity index (χ3n) is 5.80. The molecule has 4 rings (SSSR count). The molecule has 14 heteroatoms. The van der Waals surface area contributed by atoms with Gasteiger partial charge >= 0.3 is 0 Å². The fourth-order valence-electron chi connectivity index (χ4n) is 3.71. The Morgan fingerprint density at radius 2 is 1.92 bits per heavy atom. The van der Waals surface area contributed by atoms with E-state index in [1.54, 1.807) is 11.6 Å². The molecule has 2 amide bonds. The van der Waals surface area contributed by atoms with Gasteiger partial charge in [-0.15, -0.1) is 5.10 Å². The van der Waals surface area contributed by atoms with E-state index in [0.717, 1.165) is 16.1 Å². The second kappa shape index (κ2) is 10.3. The third kappa shape index (κ3) is 5.38. The second-order valence-corrected chi connectivity index (χ2v) is 10.3. The van der Waals surface area contributed by atoms with E-state index < -0.39 is 39.9 Å². The average Bonchev–Trinajstić information content (AvgIpc) is 3.22.